The summed E-state index contributed by atoms with van der Waals surface area (Å²) in [5.74, 6) is -1.54. The Hall–Kier alpha value is -2.84. The molecular weight excluding hydrogens is 479 g/mol. The Kier molecular flexibility index (Phi) is 7.07. The Morgan fingerprint density at radius 3 is 2.32 bits per heavy atom. The SMILES string of the molecule is COc1cc(F)c(OC2CCC(C)(C(=O)O)CC2)cc1C(=O)NC1C2CCC(C2)C1C(=O)NC1CCC1. The number of hydrogen-bond acceptors (Lipinski definition) is 5. The molecule has 3 N–H and O–H groups in total. The minimum atomic E-state index is -0.833. The Balaban J connectivity index is 1.30. The van der Waals surface area contributed by atoms with E-state index in [1.807, 2.05) is 0 Å². The quantitative estimate of drug-likeness (QED) is 0.480. The second kappa shape index (κ2) is 10.1. The van der Waals surface area contributed by atoms with E-state index in [1.165, 1.54) is 13.2 Å². The van der Waals surface area contributed by atoms with E-state index in [0.717, 1.165) is 44.6 Å². The summed E-state index contributed by atoms with van der Waals surface area (Å²) in [6.07, 6.45) is 7.57. The number of methoxy groups -OCH3 is 1. The number of hydrogen-bond donors (Lipinski definition) is 3. The highest BCUT2D eigenvalue weighted by Gasteiger charge is 2.52. The molecule has 4 fully saturated rings. The molecular formula is C28H37FN2O6. The van der Waals surface area contributed by atoms with Crippen LogP contribution in [0.2, 0.25) is 0 Å². The van der Waals surface area contributed by atoms with Gasteiger partial charge in [-0.1, -0.05) is 0 Å². The van der Waals surface area contributed by atoms with Crippen molar-refractivity contribution in [3.05, 3.63) is 23.5 Å². The molecule has 0 heterocycles. The number of amides is 2. The van der Waals surface area contributed by atoms with Gasteiger partial charge in [0.25, 0.3) is 5.91 Å². The molecule has 2 bridgehead atoms. The second-order valence-electron chi connectivity index (χ2n) is 11.7. The summed E-state index contributed by atoms with van der Waals surface area (Å²) in [6, 6.07) is 2.49. The van der Waals surface area contributed by atoms with Crippen molar-refractivity contribution in [1.29, 1.82) is 0 Å². The normalized spacial score (nSPS) is 32.9. The highest BCUT2D eigenvalue weighted by Crippen LogP contribution is 2.49. The number of fused-ring (bicyclic) bond motifs is 2. The molecule has 4 atom stereocenters. The number of carboxylic acid groups (broad SMARTS) is 1. The van der Waals surface area contributed by atoms with Crippen LogP contribution in [-0.4, -0.2) is 48.2 Å². The van der Waals surface area contributed by atoms with Crippen molar-refractivity contribution in [3.8, 4) is 11.5 Å². The number of rotatable bonds is 8. The number of carbonyl (C=O) groups excluding carboxylic acids is 2. The van der Waals surface area contributed by atoms with Gasteiger partial charge in [-0.3, -0.25) is 14.4 Å². The lowest BCUT2D eigenvalue weighted by molar-refractivity contribution is -0.150. The highest BCUT2D eigenvalue weighted by atomic mass is 19.1. The van der Waals surface area contributed by atoms with Gasteiger partial charge in [-0.15, -0.1) is 0 Å². The molecule has 2 amide bonds. The number of carbonyl (C=O) groups is 3. The lowest BCUT2D eigenvalue weighted by atomic mass is 9.75. The van der Waals surface area contributed by atoms with E-state index in [-0.39, 0.29) is 58.9 Å². The molecule has 4 aliphatic rings. The lowest BCUT2D eigenvalue weighted by Crippen LogP contribution is -2.52. The van der Waals surface area contributed by atoms with E-state index < -0.39 is 23.1 Å². The smallest absolute Gasteiger partial charge is 0.309 e. The van der Waals surface area contributed by atoms with Crippen LogP contribution in [0, 0.1) is 29.0 Å². The van der Waals surface area contributed by atoms with Crippen molar-refractivity contribution in [1.82, 2.24) is 10.6 Å². The van der Waals surface area contributed by atoms with Crippen molar-refractivity contribution in [3.63, 3.8) is 0 Å². The minimum Gasteiger partial charge on any atom is -0.496 e. The molecule has 4 unspecified atom stereocenters. The van der Waals surface area contributed by atoms with Crippen molar-refractivity contribution in [2.75, 3.05) is 7.11 Å². The average Bonchev–Trinajstić information content (AvgIpc) is 3.45. The van der Waals surface area contributed by atoms with Gasteiger partial charge in [0.2, 0.25) is 5.91 Å². The van der Waals surface area contributed by atoms with Gasteiger partial charge < -0.3 is 25.2 Å². The Labute approximate surface area is 216 Å². The van der Waals surface area contributed by atoms with Crippen LogP contribution in [0.4, 0.5) is 4.39 Å². The van der Waals surface area contributed by atoms with Crippen LogP contribution >= 0.6 is 0 Å². The van der Waals surface area contributed by atoms with Gasteiger partial charge >= 0.3 is 5.97 Å². The van der Waals surface area contributed by atoms with Crippen LogP contribution in [0.15, 0.2) is 12.1 Å². The third kappa shape index (κ3) is 5.01. The van der Waals surface area contributed by atoms with Gasteiger partial charge in [0, 0.05) is 18.2 Å². The molecule has 0 aliphatic heterocycles. The zero-order valence-electron chi connectivity index (χ0n) is 21.6. The summed E-state index contributed by atoms with van der Waals surface area (Å²) < 4.78 is 26.1. The molecule has 0 spiro atoms. The average molecular weight is 517 g/mol. The van der Waals surface area contributed by atoms with Crippen molar-refractivity contribution >= 4 is 17.8 Å². The molecule has 5 rings (SSSR count). The fraction of sp³-hybridized carbons (Fsp3) is 0.679. The lowest BCUT2D eigenvalue weighted by Gasteiger charge is -2.34. The van der Waals surface area contributed by atoms with Gasteiger partial charge in [0.1, 0.15) is 5.75 Å². The zero-order chi connectivity index (χ0) is 26.3. The number of nitrogens with one attached hydrogen (secondary N) is 2. The third-order valence-corrected chi connectivity index (χ3v) is 9.31. The molecule has 8 nitrogen and oxygen atoms in total. The van der Waals surface area contributed by atoms with Gasteiger partial charge in [0.15, 0.2) is 11.6 Å². The van der Waals surface area contributed by atoms with Crippen LogP contribution in [0.1, 0.15) is 81.5 Å². The zero-order valence-corrected chi connectivity index (χ0v) is 21.6. The van der Waals surface area contributed by atoms with Crippen LogP contribution in [-0.2, 0) is 9.59 Å². The molecule has 37 heavy (non-hydrogen) atoms. The summed E-state index contributed by atoms with van der Waals surface area (Å²) in [4.78, 5) is 38.1. The van der Waals surface area contributed by atoms with E-state index in [9.17, 15) is 23.9 Å². The number of halogens is 1. The second-order valence-corrected chi connectivity index (χ2v) is 11.7. The molecule has 1 aromatic rings. The van der Waals surface area contributed by atoms with Crippen molar-refractivity contribution < 1.29 is 33.4 Å². The third-order valence-electron chi connectivity index (χ3n) is 9.31. The van der Waals surface area contributed by atoms with Gasteiger partial charge in [-0.25, -0.2) is 4.39 Å². The molecule has 0 radical (unpaired) electrons. The predicted molar refractivity (Wildman–Crippen MR) is 133 cm³/mol. The molecule has 202 valence electrons. The molecule has 4 aliphatic carbocycles. The first-order valence-corrected chi connectivity index (χ1v) is 13.6. The summed E-state index contributed by atoms with van der Waals surface area (Å²) in [5, 5.41) is 15.7. The van der Waals surface area contributed by atoms with E-state index in [2.05, 4.69) is 10.6 Å². The van der Waals surface area contributed by atoms with Crippen molar-refractivity contribution in [2.24, 2.45) is 23.2 Å². The number of ether oxygens (including phenoxy) is 2. The number of aliphatic carboxylic acids is 1. The van der Waals surface area contributed by atoms with Crippen LogP contribution < -0.4 is 20.1 Å². The van der Waals surface area contributed by atoms with E-state index in [4.69, 9.17) is 9.47 Å². The monoisotopic (exact) mass is 516 g/mol. The maximum Gasteiger partial charge on any atom is 0.309 e. The summed E-state index contributed by atoms with van der Waals surface area (Å²) in [7, 11) is 1.38. The summed E-state index contributed by atoms with van der Waals surface area (Å²) in [6.45, 7) is 1.72. The van der Waals surface area contributed by atoms with Crippen LogP contribution in [0.25, 0.3) is 0 Å². The largest absolute Gasteiger partial charge is 0.496 e. The Morgan fingerprint density at radius 1 is 1.00 bits per heavy atom. The molecule has 9 heteroatoms. The maximum atomic E-state index is 14.9. The highest BCUT2D eigenvalue weighted by molar-refractivity contribution is 5.98. The first-order valence-electron chi connectivity index (χ1n) is 13.6. The Morgan fingerprint density at radius 2 is 1.70 bits per heavy atom. The Bertz CT molecular complexity index is 1060. The fourth-order valence-electron chi connectivity index (χ4n) is 6.67. The number of benzene rings is 1. The standard InChI is InChI=1S/C28H37FN2O6/c1-28(27(34)35)10-8-18(9-11-28)37-22-13-19(21(36-2)14-20(22)29)25(32)31-24-16-7-6-15(12-16)23(24)26(33)30-17-4-3-5-17/h13-18,23-24H,3-12H2,1-2H3,(H,30,33)(H,31,32)(H,34,35). The predicted octanol–water partition coefficient (Wildman–Crippen LogP) is 4.06. The van der Waals surface area contributed by atoms with Crippen LogP contribution in [0.3, 0.4) is 0 Å². The maximum absolute atomic E-state index is 14.9. The summed E-state index contributed by atoms with van der Waals surface area (Å²) in [5.41, 5.74) is -0.642. The van der Waals surface area contributed by atoms with Gasteiger partial charge in [0.05, 0.1) is 30.1 Å². The molecule has 1 aromatic carbocycles. The van der Waals surface area contributed by atoms with Gasteiger partial charge in [-0.2, -0.15) is 0 Å². The fourth-order valence-corrected chi connectivity index (χ4v) is 6.67. The first kappa shape index (κ1) is 25.8. The van der Waals surface area contributed by atoms with E-state index in [1.54, 1.807) is 6.92 Å². The van der Waals surface area contributed by atoms with Gasteiger partial charge in [-0.05, 0) is 89.0 Å². The topological polar surface area (TPSA) is 114 Å². The van der Waals surface area contributed by atoms with Crippen molar-refractivity contribution in [2.45, 2.75) is 89.3 Å². The van der Waals surface area contributed by atoms with Crippen LogP contribution in [0.5, 0.6) is 11.5 Å². The summed E-state index contributed by atoms with van der Waals surface area (Å²) >= 11 is 0. The molecule has 0 aromatic heterocycles. The first-order chi connectivity index (χ1) is 17.7. The molecule has 0 saturated heterocycles. The molecule has 4 saturated carbocycles. The van der Waals surface area contributed by atoms with E-state index >= 15 is 0 Å². The minimum absolute atomic E-state index is 0.0305. The van der Waals surface area contributed by atoms with E-state index in [0.29, 0.717) is 25.7 Å². The number of carboxylic acids is 1.